The number of rotatable bonds is 6. The number of aromatic nitrogens is 2. The van der Waals surface area contributed by atoms with Crippen molar-refractivity contribution in [2.45, 2.75) is 33.1 Å². The fourth-order valence-corrected chi connectivity index (χ4v) is 1.55. The van der Waals surface area contributed by atoms with E-state index in [1.54, 1.807) is 0 Å². The molecule has 0 fully saturated rings. The monoisotopic (exact) mass is 265 g/mol. The first-order valence-electron chi connectivity index (χ1n) is 6.85. The molecule has 0 saturated carbocycles. The van der Waals surface area contributed by atoms with Crippen molar-refractivity contribution in [3.8, 4) is 0 Å². The fourth-order valence-electron chi connectivity index (χ4n) is 1.55. The number of nitrogens with zero attached hydrogens (tertiary/aromatic N) is 3. The maximum Gasteiger partial charge on any atom is 0.138 e. The lowest BCUT2D eigenvalue weighted by Gasteiger charge is -2.19. The summed E-state index contributed by atoms with van der Waals surface area (Å²) in [4.78, 5) is 11.3. The molecule has 0 aliphatic rings. The van der Waals surface area contributed by atoms with E-state index >= 15 is 0 Å². The highest BCUT2D eigenvalue weighted by molar-refractivity contribution is 5.48. The first kappa shape index (κ1) is 15.7. The summed E-state index contributed by atoms with van der Waals surface area (Å²) in [7, 11) is 4.12. The molecule has 0 aliphatic heterocycles. The first-order chi connectivity index (χ1) is 8.82. The summed E-state index contributed by atoms with van der Waals surface area (Å²) in [5.41, 5.74) is -0.0522. The topological polar surface area (TPSA) is 53.1 Å². The molecule has 0 amide bonds. The van der Waals surface area contributed by atoms with Crippen molar-refractivity contribution in [2.75, 3.05) is 44.4 Å². The second-order valence-electron chi connectivity index (χ2n) is 5.97. The van der Waals surface area contributed by atoms with E-state index in [-0.39, 0.29) is 5.41 Å². The van der Waals surface area contributed by atoms with E-state index in [1.807, 2.05) is 6.07 Å². The number of nitrogens with one attached hydrogen (secondary N) is 2. The van der Waals surface area contributed by atoms with Crippen LogP contribution in [0.3, 0.4) is 0 Å². The minimum Gasteiger partial charge on any atom is -0.370 e. The Morgan fingerprint density at radius 1 is 1.11 bits per heavy atom. The molecule has 0 saturated heterocycles. The van der Waals surface area contributed by atoms with Crippen molar-refractivity contribution in [1.29, 1.82) is 0 Å². The van der Waals surface area contributed by atoms with Crippen LogP contribution in [0.4, 0.5) is 11.6 Å². The van der Waals surface area contributed by atoms with E-state index in [0.29, 0.717) is 0 Å². The summed E-state index contributed by atoms with van der Waals surface area (Å²) >= 11 is 0. The Hall–Kier alpha value is -1.36. The van der Waals surface area contributed by atoms with Gasteiger partial charge in [-0.1, -0.05) is 20.8 Å². The van der Waals surface area contributed by atoms with Gasteiger partial charge in [0.25, 0.3) is 0 Å². The first-order valence-corrected chi connectivity index (χ1v) is 6.85. The number of hydrogen-bond donors (Lipinski definition) is 2. The zero-order valence-corrected chi connectivity index (χ0v) is 13.0. The van der Waals surface area contributed by atoms with Gasteiger partial charge in [0.1, 0.15) is 17.5 Å². The molecule has 1 aromatic heterocycles. The molecule has 0 radical (unpaired) electrons. The molecule has 2 N–H and O–H groups in total. The summed E-state index contributed by atoms with van der Waals surface area (Å²) in [5.74, 6) is 2.63. The van der Waals surface area contributed by atoms with Gasteiger partial charge in [0.2, 0.25) is 0 Å². The maximum absolute atomic E-state index is 4.60. The van der Waals surface area contributed by atoms with Crippen LogP contribution in [0.1, 0.15) is 33.5 Å². The normalized spacial score (nSPS) is 11.7. The lowest BCUT2D eigenvalue weighted by Crippen LogP contribution is -2.23. The van der Waals surface area contributed by atoms with Gasteiger partial charge in [-0.05, 0) is 21.0 Å². The third-order valence-corrected chi connectivity index (χ3v) is 2.62. The zero-order valence-electron chi connectivity index (χ0n) is 13.0. The summed E-state index contributed by atoms with van der Waals surface area (Å²) in [6, 6.07) is 1.97. The lowest BCUT2D eigenvalue weighted by molar-refractivity contribution is 0.425. The molecule has 5 heteroatoms. The van der Waals surface area contributed by atoms with Crippen molar-refractivity contribution in [2.24, 2.45) is 0 Å². The van der Waals surface area contributed by atoms with Gasteiger partial charge in [0.05, 0.1) is 0 Å². The van der Waals surface area contributed by atoms with Crippen molar-refractivity contribution in [1.82, 2.24) is 14.9 Å². The minimum absolute atomic E-state index is 0.0522. The molecule has 0 aromatic carbocycles. The van der Waals surface area contributed by atoms with E-state index < -0.39 is 0 Å². The highest BCUT2D eigenvalue weighted by Crippen LogP contribution is 2.22. The van der Waals surface area contributed by atoms with E-state index in [9.17, 15) is 0 Å². The molecule has 19 heavy (non-hydrogen) atoms. The molecular formula is C14H27N5. The highest BCUT2D eigenvalue weighted by Gasteiger charge is 2.19. The Morgan fingerprint density at radius 2 is 1.68 bits per heavy atom. The van der Waals surface area contributed by atoms with E-state index in [1.165, 1.54) is 0 Å². The third-order valence-electron chi connectivity index (χ3n) is 2.62. The van der Waals surface area contributed by atoms with Crippen LogP contribution in [0.5, 0.6) is 0 Å². The van der Waals surface area contributed by atoms with Crippen molar-refractivity contribution >= 4 is 11.6 Å². The number of likely N-dealkylation sites (N-methyl/N-ethyl adjacent to an activating group) is 1. The van der Waals surface area contributed by atoms with Crippen LogP contribution in [-0.4, -0.2) is 48.6 Å². The highest BCUT2D eigenvalue weighted by atomic mass is 15.1. The summed E-state index contributed by atoms with van der Waals surface area (Å²) in [6.07, 6.45) is 0. The Labute approximate surface area is 116 Å². The molecule has 1 rings (SSSR count). The van der Waals surface area contributed by atoms with Crippen LogP contribution < -0.4 is 10.6 Å². The average molecular weight is 265 g/mol. The lowest BCUT2D eigenvalue weighted by atomic mass is 9.96. The standard InChI is InChI=1S/C14H27N5/c1-7-15-11-10-12(16-8-9-19(5)6)18-13(17-11)14(2,3)4/h10H,7-9H2,1-6H3,(H2,15,16,17,18). The van der Waals surface area contributed by atoms with E-state index in [4.69, 9.17) is 0 Å². The number of hydrogen-bond acceptors (Lipinski definition) is 5. The predicted octanol–water partition coefficient (Wildman–Crippen LogP) is 2.18. The van der Waals surface area contributed by atoms with Gasteiger partial charge >= 0.3 is 0 Å². The molecule has 0 unspecified atom stereocenters. The van der Waals surface area contributed by atoms with Crippen LogP contribution in [0.15, 0.2) is 6.07 Å². The summed E-state index contributed by atoms with van der Waals surface area (Å²) in [6.45, 7) is 11.2. The molecule has 0 atom stereocenters. The predicted molar refractivity (Wildman–Crippen MR) is 81.9 cm³/mol. The van der Waals surface area contributed by atoms with Crippen LogP contribution in [0, 0.1) is 0 Å². The summed E-state index contributed by atoms with van der Waals surface area (Å²) in [5, 5.41) is 6.61. The molecule has 108 valence electrons. The SMILES string of the molecule is CCNc1cc(NCCN(C)C)nc(C(C)(C)C)n1. The Kier molecular flexibility index (Phi) is 5.54. The smallest absolute Gasteiger partial charge is 0.138 e. The third kappa shape index (κ3) is 5.42. The van der Waals surface area contributed by atoms with Crippen LogP contribution in [-0.2, 0) is 5.41 Å². The molecule has 5 nitrogen and oxygen atoms in total. The minimum atomic E-state index is -0.0522. The molecule has 1 aromatic rings. The average Bonchev–Trinajstić information content (AvgIpc) is 2.27. The quantitative estimate of drug-likeness (QED) is 0.825. The second-order valence-corrected chi connectivity index (χ2v) is 5.97. The largest absolute Gasteiger partial charge is 0.370 e. The van der Waals surface area contributed by atoms with Crippen molar-refractivity contribution < 1.29 is 0 Å². The Morgan fingerprint density at radius 3 is 2.16 bits per heavy atom. The van der Waals surface area contributed by atoms with Crippen molar-refractivity contribution in [3.05, 3.63) is 11.9 Å². The molecule has 1 heterocycles. The molecular weight excluding hydrogens is 238 g/mol. The van der Waals surface area contributed by atoms with Gasteiger partial charge in [-0.2, -0.15) is 0 Å². The molecule has 0 aliphatic carbocycles. The van der Waals surface area contributed by atoms with Crippen molar-refractivity contribution in [3.63, 3.8) is 0 Å². The van der Waals surface area contributed by atoms with Gasteiger partial charge in [0, 0.05) is 31.1 Å². The van der Waals surface area contributed by atoms with E-state index in [0.717, 1.165) is 37.1 Å². The van der Waals surface area contributed by atoms with Gasteiger partial charge in [-0.15, -0.1) is 0 Å². The van der Waals surface area contributed by atoms with E-state index in [2.05, 4.69) is 67.3 Å². The molecule has 0 spiro atoms. The van der Waals surface area contributed by atoms with Crippen LogP contribution in [0.25, 0.3) is 0 Å². The summed E-state index contributed by atoms with van der Waals surface area (Å²) < 4.78 is 0. The Balaban J connectivity index is 2.87. The zero-order chi connectivity index (χ0) is 14.5. The fraction of sp³-hybridized carbons (Fsp3) is 0.714. The van der Waals surface area contributed by atoms with Gasteiger partial charge in [0.15, 0.2) is 0 Å². The number of anilines is 2. The molecule has 0 bridgehead atoms. The van der Waals surface area contributed by atoms with Crippen LogP contribution >= 0.6 is 0 Å². The maximum atomic E-state index is 4.60. The van der Waals surface area contributed by atoms with Crippen LogP contribution in [0.2, 0.25) is 0 Å². The second kappa shape index (κ2) is 6.70. The van der Waals surface area contributed by atoms with Gasteiger partial charge in [-0.3, -0.25) is 0 Å². The van der Waals surface area contributed by atoms with Gasteiger partial charge < -0.3 is 15.5 Å². The van der Waals surface area contributed by atoms with Gasteiger partial charge in [-0.25, -0.2) is 9.97 Å². The Bertz CT molecular complexity index is 395.